The van der Waals surface area contributed by atoms with Gasteiger partial charge in [0.05, 0.1) is 25.9 Å². The molecule has 0 amide bonds. The number of ether oxygens (including phenoxy) is 1. The Balaban J connectivity index is 0. The molecule has 3 N–H and O–H groups in total. The van der Waals surface area contributed by atoms with Crippen LogP contribution in [0.1, 0.15) is 19.3 Å². The van der Waals surface area contributed by atoms with Crippen molar-refractivity contribution in [2.75, 3.05) is 26.4 Å². The van der Waals surface area contributed by atoms with Gasteiger partial charge in [0.15, 0.2) is 0 Å². The number of unbranched alkanes of at least 4 members (excludes halogenated alkanes) is 1. The molecule has 0 aromatic rings. The minimum Gasteiger partial charge on any atom is -0.396 e. The zero-order valence-corrected chi connectivity index (χ0v) is 9.85. The van der Waals surface area contributed by atoms with E-state index < -0.39 is 6.10 Å². The van der Waals surface area contributed by atoms with Gasteiger partial charge >= 0.3 is 0 Å². The Kier molecular flexibility index (Phi) is 18.5. The van der Waals surface area contributed by atoms with E-state index in [1.165, 1.54) is 0 Å². The minimum absolute atomic E-state index is 0.165. The zero-order chi connectivity index (χ0) is 12.6. The van der Waals surface area contributed by atoms with Crippen LogP contribution >= 0.6 is 0 Å². The summed E-state index contributed by atoms with van der Waals surface area (Å²) in [7, 11) is 0. The van der Waals surface area contributed by atoms with Crippen molar-refractivity contribution in [3.63, 3.8) is 0 Å². The molecule has 1 atom stereocenters. The first-order valence-electron chi connectivity index (χ1n) is 5.42. The van der Waals surface area contributed by atoms with Crippen molar-refractivity contribution in [2.45, 2.75) is 25.4 Å². The van der Waals surface area contributed by atoms with Crippen LogP contribution in [-0.2, 0) is 4.74 Å². The fraction of sp³-hybridized carbons (Fsp3) is 0.667. The quantitative estimate of drug-likeness (QED) is 0.407. The lowest BCUT2D eigenvalue weighted by Gasteiger charge is -2.03. The van der Waals surface area contributed by atoms with E-state index in [0.717, 1.165) is 6.42 Å². The van der Waals surface area contributed by atoms with Gasteiger partial charge in [-0.3, -0.25) is 0 Å². The maximum absolute atomic E-state index is 8.75. The van der Waals surface area contributed by atoms with Crippen LogP contribution in [0.4, 0.5) is 0 Å². The molecule has 16 heavy (non-hydrogen) atoms. The first-order valence-corrected chi connectivity index (χ1v) is 5.42. The summed E-state index contributed by atoms with van der Waals surface area (Å²) in [4.78, 5) is 0. The maximum Gasteiger partial charge on any atom is 0.0771 e. The van der Waals surface area contributed by atoms with Crippen molar-refractivity contribution in [2.24, 2.45) is 0 Å². The molecule has 96 valence electrons. The van der Waals surface area contributed by atoms with Gasteiger partial charge in [0.2, 0.25) is 0 Å². The fourth-order valence-corrected chi connectivity index (χ4v) is 0.818. The molecule has 0 aromatic heterocycles. The lowest BCUT2D eigenvalue weighted by molar-refractivity contribution is 0.0848. The number of aliphatic hydroxyl groups is 3. The zero-order valence-electron chi connectivity index (χ0n) is 9.85. The Morgan fingerprint density at radius 3 is 2.00 bits per heavy atom. The van der Waals surface area contributed by atoms with E-state index in [1.807, 2.05) is 0 Å². The second-order valence-corrected chi connectivity index (χ2v) is 3.17. The SMILES string of the molecule is C=CCOCC=C.OCCCCC(O)CO. The largest absolute Gasteiger partial charge is 0.396 e. The average molecular weight is 232 g/mol. The molecule has 1 unspecified atom stereocenters. The van der Waals surface area contributed by atoms with E-state index in [9.17, 15) is 0 Å². The molecule has 0 fully saturated rings. The Morgan fingerprint density at radius 1 is 1.06 bits per heavy atom. The highest BCUT2D eigenvalue weighted by Gasteiger charge is 1.99. The highest BCUT2D eigenvalue weighted by molar-refractivity contribution is 4.68. The van der Waals surface area contributed by atoms with Crippen LogP contribution in [0.2, 0.25) is 0 Å². The van der Waals surface area contributed by atoms with E-state index in [0.29, 0.717) is 26.1 Å². The van der Waals surface area contributed by atoms with Crippen molar-refractivity contribution < 1.29 is 20.1 Å². The molecule has 0 aliphatic rings. The van der Waals surface area contributed by atoms with Crippen LogP contribution in [0.3, 0.4) is 0 Å². The van der Waals surface area contributed by atoms with Crippen LogP contribution < -0.4 is 0 Å². The third kappa shape index (κ3) is 19.0. The summed E-state index contributed by atoms with van der Waals surface area (Å²) < 4.78 is 4.90. The van der Waals surface area contributed by atoms with Gasteiger partial charge in [-0.2, -0.15) is 0 Å². The molecule has 0 spiro atoms. The molecule has 0 saturated carbocycles. The second kappa shape index (κ2) is 16.7. The molecule has 0 aromatic carbocycles. The predicted octanol–water partition coefficient (Wildman–Crippen LogP) is 0.877. The van der Waals surface area contributed by atoms with Gasteiger partial charge < -0.3 is 20.1 Å². The van der Waals surface area contributed by atoms with E-state index in [2.05, 4.69) is 13.2 Å². The van der Waals surface area contributed by atoms with E-state index in [-0.39, 0.29) is 13.2 Å². The van der Waals surface area contributed by atoms with Crippen LogP contribution in [0.15, 0.2) is 25.3 Å². The minimum atomic E-state index is -0.600. The van der Waals surface area contributed by atoms with Crippen LogP contribution in [0.5, 0.6) is 0 Å². The first-order chi connectivity index (χ1) is 7.72. The van der Waals surface area contributed by atoms with Crippen LogP contribution in [0, 0.1) is 0 Å². The van der Waals surface area contributed by atoms with E-state index in [4.69, 9.17) is 20.1 Å². The summed E-state index contributed by atoms with van der Waals surface area (Å²) in [6, 6.07) is 0. The first kappa shape index (κ1) is 17.7. The molecular formula is C12H24O4. The lowest BCUT2D eigenvalue weighted by Crippen LogP contribution is -2.11. The molecule has 0 bridgehead atoms. The molecule has 0 aliphatic heterocycles. The molecule has 4 heteroatoms. The molecule has 0 saturated heterocycles. The summed E-state index contributed by atoms with van der Waals surface area (Å²) in [6.45, 7) is 8.17. The molecule has 0 radical (unpaired) electrons. The normalized spacial score (nSPS) is 11.2. The number of aliphatic hydroxyl groups excluding tert-OH is 3. The summed E-state index contributed by atoms with van der Waals surface area (Å²) in [5, 5.41) is 25.4. The predicted molar refractivity (Wildman–Crippen MR) is 65.2 cm³/mol. The van der Waals surface area contributed by atoms with Gasteiger partial charge in [-0.05, 0) is 19.3 Å². The molecular weight excluding hydrogens is 208 g/mol. The molecule has 0 aliphatic carbocycles. The maximum atomic E-state index is 8.75. The number of hydrogen-bond acceptors (Lipinski definition) is 4. The average Bonchev–Trinajstić information content (AvgIpc) is 2.31. The summed E-state index contributed by atoms with van der Waals surface area (Å²) >= 11 is 0. The fourth-order valence-electron chi connectivity index (χ4n) is 0.818. The summed E-state index contributed by atoms with van der Waals surface area (Å²) in [5.41, 5.74) is 0. The summed E-state index contributed by atoms with van der Waals surface area (Å²) in [6.07, 6.45) is 4.89. The Hall–Kier alpha value is -0.680. The van der Waals surface area contributed by atoms with Crippen molar-refractivity contribution in [1.82, 2.24) is 0 Å². The topological polar surface area (TPSA) is 69.9 Å². The van der Waals surface area contributed by atoms with E-state index >= 15 is 0 Å². The van der Waals surface area contributed by atoms with Crippen molar-refractivity contribution in [1.29, 1.82) is 0 Å². The lowest BCUT2D eigenvalue weighted by atomic mass is 10.2. The van der Waals surface area contributed by atoms with Crippen molar-refractivity contribution in [3.05, 3.63) is 25.3 Å². The third-order valence-electron chi connectivity index (χ3n) is 1.63. The number of rotatable bonds is 9. The van der Waals surface area contributed by atoms with Crippen LogP contribution in [0.25, 0.3) is 0 Å². The molecule has 4 nitrogen and oxygen atoms in total. The van der Waals surface area contributed by atoms with E-state index in [1.54, 1.807) is 12.2 Å². The highest BCUT2D eigenvalue weighted by Crippen LogP contribution is 1.98. The van der Waals surface area contributed by atoms with Crippen molar-refractivity contribution >= 4 is 0 Å². The Morgan fingerprint density at radius 2 is 1.62 bits per heavy atom. The van der Waals surface area contributed by atoms with Gasteiger partial charge in [-0.15, -0.1) is 13.2 Å². The van der Waals surface area contributed by atoms with Gasteiger partial charge in [0.25, 0.3) is 0 Å². The Bertz CT molecular complexity index is 140. The molecule has 0 rings (SSSR count). The van der Waals surface area contributed by atoms with Gasteiger partial charge in [-0.25, -0.2) is 0 Å². The molecule has 0 heterocycles. The third-order valence-corrected chi connectivity index (χ3v) is 1.63. The van der Waals surface area contributed by atoms with Crippen LogP contribution in [-0.4, -0.2) is 47.9 Å². The van der Waals surface area contributed by atoms with Crippen molar-refractivity contribution in [3.8, 4) is 0 Å². The standard InChI is InChI=1S/C6H14O3.C6H10O/c7-4-2-1-3-6(9)5-8;1-3-5-7-6-4-2/h6-9H,1-5H2;3-4H,1-2,5-6H2. The van der Waals surface area contributed by atoms with Gasteiger partial charge in [-0.1, -0.05) is 12.2 Å². The highest BCUT2D eigenvalue weighted by atomic mass is 16.5. The number of hydrogen-bond donors (Lipinski definition) is 3. The smallest absolute Gasteiger partial charge is 0.0771 e. The second-order valence-electron chi connectivity index (χ2n) is 3.17. The van der Waals surface area contributed by atoms with Gasteiger partial charge in [0, 0.05) is 6.61 Å². The Labute approximate surface area is 97.9 Å². The monoisotopic (exact) mass is 232 g/mol. The van der Waals surface area contributed by atoms with Gasteiger partial charge in [0.1, 0.15) is 0 Å². The summed E-state index contributed by atoms with van der Waals surface area (Å²) in [5.74, 6) is 0.